The number of halogens is 1. The first-order valence-corrected chi connectivity index (χ1v) is 6.76. The van der Waals surface area contributed by atoms with Crippen molar-refractivity contribution >= 4 is 39.3 Å². The van der Waals surface area contributed by atoms with Gasteiger partial charge in [0.25, 0.3) is 5.91 Å². The Balaban J connectivity index is 2.05. The first-order valence-electron chi connectivity index (χ1n) is 5.97. The molecule has 0 saturated carbocycles. The van der Waals surface area contributed by atoms with Crippen molar-refractivity contribution < 1.29 is 14.3 Å². The summed E-state index contributed by atoms with van der Waals surface area (Å²) >= 11 is 3.22. The quantitative estimate of drug-likeness (QED) is 0.833. The third-order valence-electron chi connectivity index (χ3n) is 2.58. The molecule has 0 aliphatic heterocycles. The van der Waals surface area contributed by atoms with Gasteiger partial charge >= 0.3 is 6.09 Å². The normalized spacial score (nSPS) is 9.81. The topological polar surface area (TPSA) is 80.3 Å². The van der Waals surface area contributed by atoms with Gasteiger partial charge in [-0.3, -0.25) is 10.1 Å². The van der Waals surface area contributed by atoms with E-state index < -0.39 is 6.09 Å². The Morgan fingerprint density at radius 1 is 1.10 bits per heavy atom. The molecule has 0 spiro atoms. The van der Waals surface area contributed by atoms with Gasteiger partial charge in [0.05, 0.1) is 12.7 Å². The zero-order chi connectivity index (χ0) is 15.2. The van der Waals surface area contributed by atoms with E-state index in [9.17, 15) is 9.59 Å². The first-order chi connectivity index (χ1) is 10.1. The molecule has 0 saturated heterocycles. The van der Waals surface area contributed by atoms with E-state index in [1.807, 2.05) is 0 Å². The summed E-state index contributed by atoms with van der Waals surface area (Å²) in [5, 5.41) is 5.26. The highest BCUT2D eigenvalue weighted by molar-refractivity contribution is 9.10. The number of anilines is 2. The highest BCUT2D eigenvalue weighted by Gasteiger charge is 2.10. The Morgan fingerprint density at radius 2 is 1.71 bits per heavy atom. The fraction of sp³-hybridized carbons (Fsp3) is 0.0714. The summed E-state index contributed by atoms with van der Waals surface area (Å²) in [7, 11) is 1.29. The lowest BCUT2D eigenvalue weighted by molar-refractivity contribution is 0.102. The van der Waals surface area contributed by atoms with Crippen molar-refractivity contribution in [1.82, 2.24) is 4.98 Å². The largest absolute Gasteiger partial charge is 0.453 e. The van der Waals surface area contributed by atoms with Crippen LogP contribution >= 0.6 is 15.9 Å². The second-order valence-electron chi connectivity index (χ2n) is 3.99. The maximum Gasteiger partial charge on any atom is 0.411 e. The minimum absolute atomic E-state index is 0.274. The molecule has 1 aromatic heterocycles. The van der Waals surface area contributed by atoms with Crippen LogP contribution in [0.5, 0.6) is 0 Å². The van der Waals surface area contributed by atoms with Gasteiger partial charge in [0.2, 0.25) is 0 Å². The van der Waals surface area contributed by atoms with Crippen LogP contribution in [0.25, 0.3) is 0 Å². The van der Waals surface area contributed by atoms with Crippen LogP contribution in [0.2, 0.25) is 0 Å². The number of rotatable bonds is 3. The summed E-state index contributed by atoms with van der Waals surface area (Å²) in [6, 6.07) is 10.0. The number of nitrogens with one attached hydrogen (secondary N) is 2. The van der Waals surface area contributed by atoms with Gasteiger partial charge in [0.15, 0.2) is 0 Å². The molecule has 0 atom stereocenters. The smallest absolute Gasteiger partial charge is 0.411 e. The molecule has 1 aromatic carbocycles. The van der Waals surface area contributed by atoms with Crippen molar-refractivity contribution in [2.75, 3.05) is 17.7 Å². The van der Waals surface area contributed by atoms with Crippen LogP contribution in [-0.2, 0) is 4.74 Å². The van der Waals surface area contributed by atoms with E-state index in [-0.39, 0.29) is 5.91 Å². The Labute approximate surface area is 129 Å². The molecule has 108 valence electrons. The number of benzene rings is 1. The molecule has 0 unspecified atom stereocenters. The van der Waals surface area contributed by atoms with Crippen molar-refractivity contribution in [3.63, 3.8) is 0 Å². The van der Waals surface area contributed by atoms with Crippen LogP contribution < -0.4 is 10.6 Å². The van der Waals surface area contributed by atoms with Crippen LogP contribution in [0, 0.1) is 0 Å². The van der Waals surface area contributed by atoms with Crippen LogP contribution in [0.4, 0.5) is 16.2 Å². The summed E-state index contributed by atoms with van der Waals surface area (Å²) in [5.74, 6) is -0.274. The number of carbonyl (C=O) groups excluding carboxylic acids is 2. The van der Waals surface area contributed by atoms with Gasteiger partial charge in [-0.2, -0.15) is 0 Å². The summed E-state index contributed by atoms with van der Waals surface area (Å²) in [5.41, 5.74) is 1.61. The Morgan fingerprint density at radius 3 is 2.29 bits per heavy atom. The van der Waals surface area contributed by atoms with Crippen LogP contribution in [0.15, 0.2) is 47.2 Å². The molecule has 0 bridgehead atoms. The average molecular weight is 350 g/mol. The molecule has 2 amide bonds. The van der Waals surface area contributed by atoms with Crippen molar-refractivity contribution in [2.24, 2.45) is 0 Å². The third kappa shape index (κ3) is 4.03. The third-order valence-corrected chi connectivity index (χ3v) is 3.21. The van der Waals surface area contributed by atoms with E-state index >= 15 is 0 Å². The number of hydrogen-bond donors (Lipinski definition) is 2. The van der Waals surface area contributed by atoms with Gasteiger partial charge in [-0.15, -0.1) is 0 Å². The average Bonchev–Trinajstić information content (AvgIpc) is 2.49. The molecular formula is C14H12BrN3O3. The van der Waals surface area contributed by atoms with E-state index in [0.717, 1.165) is 0 Å². The molecular weight excluding hydrogens is 338 g/mol. The predicted molar refractivity (Wildman–Crippen MR) is 82.4 cm³/mol. The van der Waals surface area contributed by atoms with Gasteiger partial charge < -0.3 is 10.1 Å². The van der Waals surface area contributed by atoms with Crippen molar-refractivity contribution in [1.29, 1.82) is 0 Å². The van der Waals surface area contributed by atoms with Gasteiger partial charge in [0, 0.05) is 17.6 Å². The molecule has 0 aliphatic carbocycles. The molecule has 2 rings (SSSR count). The molecule has 1 heterocycles. The van der Waals surface area contributed by atoms with Crippen molar-refractivity contribution in [3.05, 3.63) is 52.8 Å². The Bertz CT molecular complexity index is 659. The summed E-state index contributed by atoms with van der Waals surface area (Å²) < 4.78 is 4.97. The van der Waals surface area contributed by atoms with E-state index in [1.54, 1.807) is 42.6 Å². The molecule has 6 nitrogen and oxygen atoms in total. The second kappa shape index (κ2) is 6.85. The molecule has 7 heteroatoms. The lowest BCUT2D eigenvalue weighted by atomic mass is 10.2. The monoisotopic (exact) mass is 349 g/mol. The van der Waals surface area contributed by atoms with Gasteiger partial charge in [0.1, 0.15) is 4.60 Å². The van der Waals surface area contributed by atoms with E-state index in [0.29, 0.717) is 21.5 Å². The van der Waals surface area contributed by atoms with Crippen LogP contribution in [-0.4, -0.2) is 24.1 Å². The van der Waals surface area contributed by atoms with Gasteiger partial charge in [-0.05, 0) is 52.3 Å². The van der Waals surface area contributed by atoms with E-state index in [1.165, 1.54) is 7.11 Å². The maximum atomic E-state index is 12.1. The number of pyridine rings is 1. The highest BCUT2D eigenvalue weighted by atomic mass is 79.9. The van der Waals surface area contributed by atoms with Crippen molar-refractivity contribution in [3.8, 4) is 0 Å². The standard InChI is InChI=1S/C14H12BrN3O3/c1-21-14(20)18-10-6-4-9(5-7-10)17-13(19)11-3-2-8-16-12(11)15/h2-8H,1H3,(H,17,19)(H,18,20). The molecule has 0 aliphatic rings. The number of carbonyl (C=O) groups is 2. The minimum atomic E-state index is -0.550. The number of ether oxygens (including phenoxy) is 1. The lowest BCUT2D eigenvalue weighted by Gasteiger charge is -2.08. The fourth-order valence-electron chi connectivity index (χ4n) is 1.56. The van der Waals surface area contributed by atoms with Gasteiger partial charge in [-0.25, -0.2) is 9.78 Å². The van der Waals surface area contributed by atoms with Crippen molar-refractivity contribution in [2.45, 2.75) is 0 Å². The lowest BCUT2D eigenvalue weighted by Crippen LogP contribution is -2.13. The van der Waals surface area contributed by atoms with Crippen LogP contribution in [0.1, 0.15) is 10.4 Å². The number of hydrogen-bond acceptors (Lipinski definition) is 4. The number of methoxy groups -OCH3 is 1. The molecule has 21 heavy (non-hydrogen) atoms. The fourth-order valence-corrected chi connectivity index (χ4v) is 1.99. The Hall–Kier alpha value is -2.41. The minimum Gasteiger partial charge on any atom is -0.453 e. The first kappa shape index (κ1) is 15.0. The molecule has 2 aromatic rings. The Kier molecular flexibility index (Phi) is 4.89. The number of amides is 2. The molecule has 2 N–H and O–H groups in total. The molecule has 0 fully saturated rings. The summed E-state index contributed by atoms with van der Waals surface area (Å²) in [6.45, 7) is 0. The number of aromatic nitrogens is 1. The van der Waals surface area contributed by atoms with Gasteiger partial charge in [-0.1, -0.05) is 0 Å². The zero-order valence-electron chi connectivity index (χ0n) is 11.1. The second-order valence-corrected chi connectivity index (χ2v) is 4.74. The molecule has 0 radical (unpaired) electrons. The number of nitrogens with zero attached hydrogens (tertiary/aromatic N) is 1. The van der Waals surface area contributed by atoms with Crippen LogP contribution in [0.3, 0.4) is 0 Å². The van der Waals surface area contributed by atoms with E-state index in [4.69, 9.17) is 0 Å². The summed E-state index contributed by atoms with van der Waals surface area (Å²) in [4.78, 5) is 27.1. The SMILES string of the molecule is COC(=O)Nc1ccc(NC(=O)c2cccnc2Br)cc1. The van der Waals surface area contributed by atoms with E-state index in [2.05, 4.69) is 36.3 Å². The highest BCUT2D eigenvalue weighted by Crippen LogP contribution is 2.17. The predicted octanol–water partition coefficient (Wildman–Crippen LogP) is 3.27. The maximum absolute atomic E-state index is 12.1. The zero-order valence-corrected chi connectivity index (χ0v) is 12.7. The summed E-state index contributed by atoms with van der Waals surface area (Å²) in [6.07, 6.45) is 1.04.